The Morgan fingerprint density at radius 3 is 2.71 bits per heavy atom. The van der Waals surface area contributed by atoms with Crippen molar-refractivity contribution in [3.63, 3.8) is 0 Å². The van der Waals surface area contributed by atoms with Crippen molar-refractivity contribution in [1.29, 1.82) is 0 Å². The van der Waals surface area contributed by atoms with Crippen LogP contribution in [0.5, 0.6) is 0 Å². The Kier molecular flexibility index (Phi) is 6.02. The molecule has 0 fully saturated rings. The second-order valence-electron chi connectivity index (χ2n) is 4.83. The van der Waals surface area contributed by atoms with E-state index in [-0.39, 0.29) is 11.6 Å². The number of rotatable bonds is 6. The first-order valence-corrected chi connectivity index (χ1v) is 7.75. The van der Waals surface area contributed by atoms with Gasteiger partial charge in [-0.05, 0) is 31.2 Å². The van der Waals surface area contributed by atoms with Crippen molar-refractivity contribution in [2.24, 2.45) is 5.16 Å². The van der Waals surface area contributed by atoms with Gasteiger partial charge in [0.1, 0.15) is 0 Å². The maximum Gasteiger partial charge on any atom is 0.270 e. The summed E-state index contributed by atoms with van der Waals surface area (Å²) in [6, 6.07) is 13.0. The lowest BCUT2D eigenvalue weighted by atomic mass is 10.2. The number of nitrogens with zero attached hydrogens (tertiary/aromatic N) is 2. The molecule has 2 rings (SSSR count). The molecule has 0 spiro atoms. The van der Waals surface area contributed by atoms with Gasteiger partial charge in [-0.25, -0.2) is 0 Å². The van der Waals surface area contributed by atoms with Gasteiger partial charge in [0, 0.05) is 27.9 Å². The van der Waals surface area contributed by atoms with Crippen LogP contribution in [-0.2, 0) is 9.63 Å². The summed E-state index contributed by atoms with van der Waals surface area (Å²) in [4.78, 5) is 27.3. The Labute approximate surface area is 146 Å². The first kappa shape index (κ1) is 17.6. The fraction of sp³-hybridized carbons (Fsp3) is 0.125. The van der Waals surface area contributed by atoms with E-state index in [1.54, 1.807) is 31.2 Å². The molecule has 2 aromatic carbocycles. The highest BCUT2D eigenvalue weighted by molar-refractivity contribution is 9.10. The molecule has 0 bridgehead atoms. The number of hydrogen-bond donors (Lipinski definition) is 1. The van der Waals surface area contributed by atoms with Crippen molar-refractivity contribution >= 4 is 39.4 Å². The van der Waals surface area contributed by atoms with E-state index in [2.05, 4.69) is 26.4 Å². The number of non-ortho nitro benzene ring substituents is 1. The fourth-order valence-corrected chi connectivity index (χ4v) is 1.99. The molecule has 1 unspecified atom stereocenters. The minimum Gasteiger partial charge on any atom is -0.383 e. The smallest absolute Gasteiger partial charge is 0.270 e. The number of nitro benzene ring substituents is 1. The molecule has 0 radical (unpaired) electrons. The van der Waals surface area contributed by atoms with E-state index < -0.39 is 11.0 Å². The summed E-state index contributed by atoms with van der Waals surface area (Å²) in [7, 11) is 0. The van der Waals surface area contributed by atoms with Gasteiger partial charge in [0.05, 0.1) is 11.1 Å². The third-order valence-electron chi connectivity index (χ3n) is 2.98. The molecule has 0 aromatic heterocycles. The molecule has 124 valence electrons. The predicted octanol–water partition coefficient (Wildman–Crippen LogP) is 3.74. The zero-order valence-electron chi connectivity index (χ0n) is 12.7. The molecular formula is C16H14BrN3O4. The van der Waals surface area contributed by atoms with Crippen LogP contribution in [0.25, 0.3) is 0 Å². The quantitative estimate of drug-likeness (QED) is 0.461. The third kappa shape index (κ3) is 5.17. The SMILES string of the molecule is CC(O/N=C/c1cccc([N+](=O)[O-])c1)C(=O)Nc1ccc(Br)cc1. The minimum atomic E-state index is -0.816. The second kappa shape index (κ2) is 8.21. The molecular weight excluding hydrogens is 378 g/mol. The van der Waals surface area contributed by atoms with Crippen LogP contribution in [0.2, 0.25) is 0 Å². The molecule has 1 atom stereocenters. The molecule has 24 heavy (non-hydrogen) atoms. The van der Waals surface area contributed by atoms with E-state index in [1.807, 2.05) is 12.1 Å². The number of benzene rings is 2. The molecule has 1 amide bonds. The standard InChI is InChI=1S/C16H14BrN3O4/c1-11(16(21)19-14-7-5-13(17)6-8-14)24-18-10-12-3-2-4-15(9-12)20(22)23/h2-11H,1H3,(H,19,21)/b18-10+. The Hall–Kier alpha value is -2.74. The van der Waals surface area contributed by atoms with Crippen molar-refractivity contribution < 1.29 is 14.6 Å². The topological polar surface area (TPSA) is 93.8 Å². The van der Waals surface area contributed by atoms with Crippen LogP contribution in [0.1, 0.15) is 12.5 Å². The van der Waals surface area contributed by atoms with Crippen molar-refractivity contribution in [1.82, 2.24) is 0 Å². The number of nitrogens with one attached hydrogen (secondary N) is 1. The van der Waals surface area contributed by atoms with Gasteiger partial charge in [0.2, 0.25) is 6.10 Å². The first-order chi connectivity index (χ1) is 11.5. The number of carbonyl (C=O) groups is 1. The van der Waals surface area contributed by atoms with Crippen molar-refractivity contribution in [3.8, 4) is 0 Å². The summed E-state index contributed by atoms with van der Waals surface area (Å²) in [5.41, 5.74) is 1.10. The van der Waals surface area contributed by atoms with E-state index in [4.69, 9.17) is 4.84 Å². The zero-order chi connectivity index (χ0) is 17.5. The van der Waals surface area contributed by atoms with E-state index >= 15 is 0 Å². The van der Waals surface area contributed by atoms with Gasteiger partial charge >= 0.3 is 0 Å². The Bertz CT molecular complexity index is 762. The van der Waals surface area contributed by atoms with Crippen molar-refractivity contribution in [2.45, 2.75) is 13.0 Å². The van der Waals surface area contributed by atoms with Gasteiger partial charge in [-0.2, -0.15) is 0 Å². The van der Waals surface area contributed by atoms with Crippen molar-refractivity contribution in [2.75, 3.05) is 5.32 Å². The maximum atomic E-state index is 12.0. The van der Waals surface area contributed by atoms with Crippen LogP contribution >= 0.6 is 15.9 Å². The van der Waals surface area contributed by atoms with Crippen LogP contribution in [0, 0.1) is 10.1 Å². The predicted molar refractivity (Wildman–Crippen MR) is 94.0 cm³/mol. The molecule has 0 saturated heterocycles. The zero-order valence-corrected chi connectivity index (χ0v) is 14.3. The monoisotopic (exact) mass is 391 g/mol. The second-order valence-corrected chi connectivity index (χ2v) is 5.75. The highest BCUT2D eigenvalue weighted by atomic mass is 79.9. The number of hydrogen-bond acceptors (Lipinski definition) is 5. The first-order valence-electron chi connectivity index (χ1n) is 6.96. The summed E-state index contributed by atoms with van der Waals surface area (Å²) in [6.45, 7) is 1.55. The lowest BCUT2D eigenvalue weighted by Crippen LogP contribution is -2.26. The van der Waals surface area contributed by atoms with E-state index in [1.165, 1.54) is 18.3 Å². The largest absolute Gasteiger partial charge is 0.383 e. The lowest BCUT2D eigenvalue weighted by Gasteiger charge is -2.10. The molecule has 0 aliphatic carbocycles. The average Bonchev–Trinajstić information content (AvgIpc) is 2.57. The molecule has 0 aliphatic rings. The highest BCUT2D eigenvalue weighted by Crippen LogP contribution is 2.15. The van der Waals surface area contributed by atoms with Gasteiger partial charge in [-0.3, -0.25) is 14.9 Å². The van der Waals surface area contributed by atoms with Gasteiger partial charge < -0.3 is 10.2 Å². The van der Waals surface area contributed by atoms with Crippen LogP contribution in [0.15, 0.2) is 58.2 Å². The summed E-state index contributed by atoms with van der Waals surface area (Å²) in [6.07, 6.45) is 0.500. The minimum absolute atomic E-state index is 0.0417. The van der Waals surface area contributed by atoms with Crippen LogP contribution in [0.3, 0.4) is 0 Å². The Balaban J connectivity index is 1.90. The number of amides is 1. The Morgan fingerprint density at radius 2 is 2.04 bits per heavy atom. The number of halogens is 1. The van der Waals surface area contributed by atoms with Crippen LogP contribution in [-0.4, -0.2) is 23.1 Å². The number of nitro groups is 1. The number of oxime groups is 1. The average molecular weight is 392 g/mol. The molecule has 0 aliphatic heterocycles. The third-order valence-corrected chi connectivity index (χ3v) is 3.51. The normalized spacial score (nSPS) is 11.9. The number of carbonyl (C=O) groups excluding carboxylic acids is 1. The van der Waals surface area contributed by atoms with E-state index in [0.29, 0.717) is 11.3 Å². The fourth-order valence-electron chi connectivity index (χ4n) is 1.73. The van der Waals surface area contributed by atoms with Gasteiger partial charge in [0.15, 0.2) is 0 Å². The van der Waals surface area contributed by atoms with Crippen LogP contribution < -0.4 is 5.32 Å². The van der Waals surface area contributed by atoms with Crippen molar-refractivity contribution in [3.05, 3.63) is 68.7 Å². The molecule has 7 nitrogen and oxygen atoms in total. The van der Waals surface area contributed by atoms with Crippen LogP contribution in [0.4, 0.5) is 11.4 Å². The molecule has 8 heteroatoms. The molecule has 0 heterocycles. The highest BCUT2D eigenvalue weighted by Gasteiger charge is 2.14. The summed E-state index contributed by atoms with van der Waals surface area (Å²) in [5, 5.41) is 17.1. The maximum absolute atomic E-state index is 12.0. The van der Waals surface area contributed by atoms with Gasteiger partial charge in [-0.15, -0.1) is 0 Å². The number of anilines is 1. The molecule has 1 N–H and O–H groups in total. The lowest BCUT2D eigenvalue weighted by molar-refractivity contribution is -0.384. The molecule has 0 saturated carbocycles. The summed E-state index contributed by atoms with van der Waals surface area (Å²) >= 11 is 3.31. The van der Waals surface area contributed by atoms with Gasteiger partial charge in [0.25, 0.3) is 11.6 Å². The van der Waals surface area contributed by atoms with E-state index in [0.717, 1.165) is 4.47 Å². The Morgan fingerprint density at radius 1 is 1.33 bits per heavy atom. The van der Waals surface area contributed by atoms with E-state index in [9.17, 15) is 14.9 Å². The van der Waals surface area contributed by atoms with Gasteiger partial charge in [-0.1, -0.05) is 33.2 Å². The summed E-state index contributed by atoms with van der Waals surface area (Å²) in [5.74, 6) is -0.353. The molecule has 2 aromatic rings. The summed E-state index contributed by atoms with van der Waals surface area (Å²) < 4.78 is 0.909.